The molecule has 2 fully saturated rings. The van der Waals surface area contributed by atoms with Gasteiger partial charge in [0, 0.05) is 101 Å². The summed E-state index contributed by atoms with van der Waals surface area (Å²) < 4.78 is 54.8. The van der Waals surface area contributed by atoms with Crippen molar-refractivity contribution in [3.05, 3.63) is 119 Å². The highest BCUT2D eigenvalue weighted by Crippen LogP contribution is 2.30. The number of rotatable bonds is 10. The van der Waals surface area contributed by atoms with Crippen LogP contribution in [0.3, 0.4) is 0 Å². The largest absolute Gasteiger partial charge is 0.362 e. The molecule has 0 saturated carbocycles. The summed E-state index contributed by atoms with van der Waals surface area (Å²) in [6.45, 7) is 8.28. The molecule has 2 aromatic heterocycles. The second kappa shape index (κ2) is 19.1. The van der Waals surface area contributed by atoms with Gasteiger partial charge >= 0.3 is 0 Å². The van der Waals surface area contributed by atoms with Crippen LogP contribution in [0.4, 0.5) is 11.6 Å². The van der Waals surface area contributed by atoms with Crippen molar-refractivity contribution in [2.75, 3.05) is 90.3 Å². The number of sulfonamides is 2. The van der Waals surface area contributed by atoms with Gasteiger partial charge in [0.2, 0.25) is 20.0 Å². The summed E-state index contributed by atoms with van der Waals surface area (Å²) in [6.07, 6.45) is 0. The van der Waals surface area contributed by atoms with Crippen molar-refractivity contribution in [1.82, 2.24) is 38.3 Å². The summed E-state index contributed by atoms with van der Waals surface area (Å²) in [7, 11) is 0.845. The molecule has 18 heteroatoms. The Morgan fingerprint density at radius 3 is 1.13 bits per heavy atom. The monoisotopic (exact) mass is 918 g/mol. The molecular formula is C44H52Cl2N10O4S2. The molecule has 14 nitrogen and oxygen atoms in total. The van der Waals surface area contributed by atoms with E-state index < -0.39 is 20.0 Å². The Bertz CT molecular complexity index is 2540. The van der Waals surface area contributed by atoms with Crippen molar-refractivity contribution in [3.63, 3.8) is 0 Å². The molecule has 62 heavy (non-hydrogen) atoms. The van der Waals surface area contributed by atoms with Crippen molar-refractivity contribution in [2.24, 2.45) is 0 Å². The molecule has 2 aliphatic rings. The Hall–Kier alpha value is -4.52. The number of hydrogen-bond acceptors (Lipinski definition) is 12. The fourth-order valence-electron chi connectivity index (χ4n) is 7.71. The lowest BCUT2D eigenvalue weighted by Gasteiger charge is -2.37. The van der Waals surface area contributed by atoms with E-state index in [1.807, 2.05) is 86.5 Å². The minimum absolute atomic E-state index is 0.0244. The molecule has 2 atom stereocenters. The summed E-state index contributed by atoms with van der Waals surface area (Å²) in [5, 5.41) is 3.07. The SMILES string of the molecule is CC(c1nc(N(C)C)c2ccccc2n1)N1CCN(S(=O)(=O)c2ccc(Cl)cc2)CC1.CC(c1nc(N(C)C)c2ccccc2n1)N1CCN(S(=O)(=O)c2ccc(Cl)cc2)CC1. The molecule has 2 saturated heterocycles. The second-order valence-corrected chi connectivity index (χ2v) is 20.5. The molecule has 8 rings (SSSR count). The van der Waals surface area contributed by atoms with Crippen LogP contribution in [0.2, 0.25) is 10.0 Å². The zero-order valence-corrected chi connectivity index (χ0v) is 38.9. The first kappa shape index (κ1) is 45.5. The van der Waals surface area contributed by atoms with Crippen LogP contribution in [0.1, 0.15) is 37.6 Å². The van der Waals surface area contributed by atoms with E-state index in [2.05, 4.69) is 23.6 Å². The standard InChI is InChI=1S/2C22H26ClN5O2S/c2*1-16(21-24-20-7-5-4-6-19(20)22(25-21)26(2)3)27-12-14-28(15-13-27)31(29,30)18-10-8-17(23)9-11-18/h2*4-11,16H,12-15H2,1-3H3. The van der Waals surface area contributed by atoms with Crippen molar-refractivity contribution in [3.8, 4) is 0 Å². The van der Waals surface area contributed by atoms with Crippen molar-refractivity contribution >= 4 is 76.7 Å². The first-order valence-electron chi connectivity index (χ1n) is 20.4. The molecule has 0 amide bonds. The highest BCUT2D eigenvalue weighted by atomic mass is 35.5. The summed E-state index contributed by atoms with van der Waals surface area (Å²) in [4.78, 5) is 28.2. The number of piperazine rings is 2. The quantitative estimate of drug-likeness (QED) is 0.142. The van der Waals surface area contributed by atoms with Gasteiger partial charge in [0.15, 0.2) is 0 Å². The molecule has 0 radical (unpaired) electrons. The van der Waals surface area contributed by atoms with Crippen molar-refractivity contribution in [1.29, 1.82) is 0 Å². The fraction of sp³-hybridized carbons (Fsp3) is 0.364. The van der Waals surface area contributed by atoms with E-state index in [1.54, 1.807) is 48.5 Å². The predicted molar refractivity (Wildman–Crippen MR) is 248 cm³/mol. The lowest BCUT2D eigenvalue weighted by Crippen LogP contribution is -2.49. The number of nitrogens with zero attached hydrogens (tertiary/aromatic N) is 10. The van der Waals surface area contributed by atoms with Crippen molar-refractivity contribution in [2.45, 2.75) is 35.7 Å². The van der Waals surface area contributed by atoms with Crippen LogP contribution in [0.25, 0.3) is 21.8 Å². The van der Waals surface area contributed by atoms with Crippen LogP contribution < -0.4 is 9.80 Å². The van der Waals surface area contributed by atoms with Crippen LogP contribution in [0.15, 0.2) is 107 Å². The molecule has 0 N–H and O–H groups in total. The number of aromatic nitrogens is 4. The lowest BCUT2D eigenvalue weighted by atomic mass is 10.2. The Balaban J connectivity index is 0.000000186. The molecular weight excluding hydrogens is 868 g/mol. The van der Waals surface area contributed by atoms with E-state index in [0.29, 0.717) is 62.4 Å². The highest BCUT2D eigenvalue weighted by molar-refractivity contribution is 7.89. The van der Waals surface area contributed by atoms with Crippen LogP contribution in [0.5, 0.6) is 0 Å². The summed E-state index contributed by atoms with van der Waals surface area (Å²) in [5.41, 5.74) is 1.82. The predicted octanol–water partition coefficient (Wildman–Crippen LogP) is 6.83. The maximum absolute atomic E-state index is 12.9. The Kier molecular flexibility index (Phi) is 14.0. The summed E-state index contributed by atoms with van der Waals surface area (Å²) in [5.74, 6) is 3.26. The number of benzene rings is 4. The maximum Gasteiger partial charge on any atom is 0.243 e. The van der Waals surface area contributed by atoms with Crippen LogP contribution in [-0.2, 0) is 20.0 Å². The van der Waals surface area contributed by atoms with Crippen LogP contribution in [0, 0.1) is 0 Å². The zero-order chi connectivity index (χ0) is 44.3. The minimum Gasteiger partial charge on any atom is -0.362 e. The van der Waals surface area contributed by atoms with E-state index in [4.69, 9.17) is 43.1 Å². The van der Waals surface area contributed by atoms with Gasteiger partial charge in [-0.2, -0.15) is 8.61 Å². The van der Waals surface area contributed by atoms with Gasteiger partial charge < -0.3 is 9.80 Å². The third-order valence-corrected chi connectivity index (χ3v) is 15.7. The van der Waals surface area contributed by atoms with Gasteiger partial charge in [-0.25, -0.2) is 36.8 Å². The maximum atomic E-state index is 12.9. The van der Waals surface area contributed by atoms with Gasteiger partial charge in [-0.15, -0.1) is 0 Å². The molecule has 4 aromatic carbocycles. The van der Waals surface area contributed by atoms with Gasteiger partial charge in [-0.3, -0.25) is 9.80 Å². The van der Waals surface area contributed by atoms with Gasteiger partial charge in [-0.1, -0.05) is 47.5 Å². The zero-order valence-electron chi connectivity index (χ0n) is 35.7. The van der Waals surface area contributed by atoms with Crippen molar-refractivity contribution < 1.29 is 16.8 Å². The molecule has 0 spiro atoms. The average molecular weight is 920 g/mol. The topological polar surface area (TPSA) is 139 Å². The number of halogens is 2. The van der Waals surface area contributed by atoms with E-state index in [1.165, 1.54) is 8.61 Å². The van der Waals surface area contributed by atoms with Gasteiger partial charge in [-0.05, 0) is 86.6 Å². The smallest absolute Gasteiger partial charge is 0.243 e. The normalized spacial score (nSPS) is 17.0. The van der Waals surface area contributed by atoms with Crippen LogP contribution >= 0.6 is 23.2 Å². The third kappa shape index (κ3) is 9.82. The number of fused-ring (bicyclic) bond motifs is 2. The Morgan fingerprint density at radius 2 is 0.806 bits per heavy atom. The summed E-state index contributed by atoms with van der Waals surface area (Å²) >= 11 is 11.8. The van der Waals surface area contributed by atoms with Gasteiger partial charge in [0.25, 0.3) is 0 Å². The van der Waals surface area contributed by atoms with Gasteiger partial charge in [0.05, 0.1) is 32.9 Å². The van der Waals surface area contributed by atoms with Crippen LogP contribution in [-0.4, -0.2) is 136 Å². The second-order valence-electron chi connectivity index (χ2n) is 15.8. The Morgan fingerprint density at radius 1 is 0.484 bits per heavy atom. The van der Waals surface area contributed by atoms with E-state index >= 15 is 0 Å². The third-order valence-electron chi connectivity index (χ3n) is 11.3. The highest BCUT2D eigenvalue weighted by Gasteiger charge is 2.33. The average Bonchev–Trinajstić information content (AvgIpc) is 3.28. The lowest BCUT2D eigenvalue weighted by molar-refractivity contribution is 0.141. The first-order chi connectivity index (χ1) is 29.5. The minimum atomic E-state index is -3.53. The molecule has 2 aliphatic heterocycles. The molecule has 0 aliphatic carbocycles. The molecule has 6 aromatic rings. The number of para-hydroxylation sites is 2. The molecule has 4 heterocycles. The van der Waals surface area contributed by atoms with E-state index in [0.717, 1.165) is 45.1 Å². The molecule has 2 unspecified atom stereocenters. The van der Waals surface area contributed by atoms with Gasteiger partial charge in [0.1, 0.15) is 23.3 Å². The van der Waals surface area contributed by atoms with E-state index in [9.17, 15) is 16.8 Å². The molecule has 0 bridgehead atoms. The summed E-state index contributed by atoms with van der Waals surface area (Å²) in [6, 6.07) is 28.6. The Labute approximate surface area is 374 Å². The first-order valence-corrected chi connectivity index (χ1v) is 24.1. The fourth-order valence-corrected chi connectivity index (χ4v) is 10.8. The number of hydrogen-bond donors (Lipinski definition) is 0. The van der Waals surface area contributed by atoms with E-state index in [-0.39, 0.29) is 21.9 Å². The molecule has 328 valence electrons. The number of anilines is 2.